The summed E-state index contributed by atoms with van der Waals surface area (Å²) in [7, 11) is 0. The quantitative estimate of drug-likeness (QED) is 0.381. The van der Waals surface area contributed by atoms with Gasteiger partial charge < -0.3 is 20.9 Å². The highest BCUT2D eigenvalue weighted by molar-refractivity contribution is 5.80. The van der Waals surface area contributed by atoms with Gasteiger partial charge in [-0.1, -0.05) is 13.8 Å². The van der Waals surface area contributed by atoms with Crippen LogP contribution in [0.2, 0.25) is 0 Å². The number of aliphatic imine (C=N–C) groups is 1. The van der Waals surface area contributed by atoms with Crippen molar-refractivity contribution in [1.82, 2.24) is 20.9 Å². The minimum Gasteiger partial charge on any atom is -0.357 e. The first-order chi connectivity index (χ1) is 10.8. The van der Waals surface area contributed by atoms with E-state index >= 15 is 0 Å². The molecule has 1 aliphatic heterocycles. The predicted octanol–water partition coefficient (Wildman–Crippen LogP) is 2.05. The van der Waals surface area contributed by atoms with E-state index in [0.717, 1.165) is 31.5 Å². The summed E-state index contributed by atoms with van der Waals surface area (Å²) in [4.78, 5) is 7.28. The molecule has 1 heterocycles. The number of guanidine groups is 1. The maximum Gasteiger partial charge on any atom is 0.191 e. The summed E-state index contributed by atoms with van der Waals surface area (Å²) < 4.78 is 0. The third-order valence-corrected chi connectivity index (χ3v) is 3.93. The zero-order valence-electron chi connectivity index (χ0n) is 16.2. The van der Waals surface area contributed by atoms with Gasteiger partial charge in [0.1, 0.15) is 0 Å². The lowest BCUT2D eigenvalue weighted by atomic mass is 10.0. The van der Waals surface area contributed by atoms with Crippen molar-refractivity contribution in [2.75, 3.05) is 39.3 Å². The summed E-state index contributed by atoms with van der Waals surface area (Å²) in [5.74, 6) is 1.72. The van der Waals surface area contributed by atoms with E-state index in [1.54, 1.807) is 0 Å². The average Bonchev–Trinajstić information content (AvgIpc) is 2.44. The Hall–Kier alpha value is -0.810. The number of piperidine rings is 1. The molecule has 5 heteroatoms. The molecule has 3 N–H and O–H groups in total. The molecule has 0 spiro atoms. The molecule has 1 fully saturated rings. The predicted molar refractivity (Wildman–Crippen MR) is 101 cm³/mol. The number of hydrogen-bond donors (Lipinski definition) is 3. The van der Waals surface area contributed by atoms with E-state index in [1.165, 1.54) is 32.5 Å². The average molecular weight is 326 g/mol. The fraction of sp³-hybridized carbons (Fsp3) is 0.944. The zero-order valence-corrected chi connectivity index (χ0v) is 16.2. The monoisotopic (exact) mass is 325 g/mol. The van der Waals surface area contributed by atoms with E-state index < -0.39 is 0 Å². The number of nitrogens with one attached hydrogen (secondary N) is 3. The Morgan fingerprint density at radius 1 is 1.22 bits per heavy atom. The van der Waals surface area contributed by atoms with Gasteiger partial charge in [0, 0.05) is 44.3 Å². The molecule has 136 valence electrons. The van der Waals surface area contributed by atoms with Crippen molar-refractivity contribution in [2.45, 2.75) is 66.0 Å². The van der Waals surface area contributed by atoms with E-state index in [2.05, 4.69) is 62.4 Å². The smallest absolute Gasteiger partial charge is 0.191 e. The standard InChI is InChI=1S/C18H39N5/c1-7-19-17(20-10-11-21-18(4,5)6)22-16-8-12-23(13-9-16)14-15(2)3/h15-16,21H,7-14H2,1-6H3,(H2,19,20,22). The molecule has 23 heavy (non-hydrogen) atoms. The molecule has 0 aromatic heterocycles. The summed E-state index contributed by atoms with van der Waals surface area (Å²) in [5.41, 5.74) is 0.157. The van der Waals surface area contributed by atoms with Crippen LogP contribution in [-0.4, -0.2) is 61.7 Å². The molecule has 5 nitrogen and oxygen atoms in total. The Balaban J connectivity index is 2.35. The van der Waals surface area contributed by atoms with Crippen LogP contribution in [0.15, 0.2) is 4.99 Å². The molecule has 0 aromatic rings. The van der Waals surface area contributed by atoms with Crippen LogP contribution in [0.1, 0.15) is 54.4 Å². The second-order valence-electron chi connectivity index (χ2n) is 8.05. The highest BCUT2D eigenvalue weighted by Crippen LogP contribution is 2.12. The van der Waals surface area contributed by atoms with Gasteiger partial charge in [0.15, 0.2) is 5.96 Å². The van der Waals surface area contributed by atoms with Gasteiger partial charge in [-0.3, -0.25) is 4.99 Å². The molecule has 0 amide bonds. The van der Waals surface area contributed by atoms with Crippen LogP contribution in [0.3, 0.4) is 0 Å². The van der Waals surface area contributed by atoms with Gasteiger partial charge in [-0.15, -0.1) is 0 Å². The summed E-state index contributed by atoms with van der Waals surface area (Å²) >= 11 is 0. The lowest BCUT2D eigenvalue weighted by Gasteiger charge is -2.34. The van der Waals surface area contributed by atoms with Gasteiger partial charge in [-0.05, 0) is 46.5 Å². The highest BCUT2D eigenvalue weighted by Gasteiger charge is 2.20. The number of rotatable bonds is 7. The molecule has 0 unspecified atom stereocenters. The molecular weight excluding hydrogens is 286 g/mol. The van der Waals surface area contributed by atoms with Crippen LogP contribution in [0.4, 0.5) is 0 Å². The first kappa shape index (κ1) is 20.2. The molecule has 0 radical (unpaired) electrons. The molecule has 0 atom stereocenters. The van der Waals surface area contributed by atoms with Crippen LogP contribution in [-0.2, 0) is 0 Å². The van der Waals surface area contributed by atoms with Gasteiger partial charge in [0.25, 0.3) is 0 Å². The minimum absolute atomic E-state index is 0.157. The summed E-state index contributed by atoms with van der Waals surface area (Å²) in [5, 5.41) is 10.5. The Labute approximate surface area is 143 Å². The first-order valence-electron chi connectivity index (χ1n) is 9.32. The van der Waals surface area contributed by atoms with Gasteiger partial charge in [0.05, 0.1) is 6.54 Å². The van der Waals surface area contributed by atoms with Crippen molar-refractivity contribution in [3.8, 4) is 0 Å². The largest absolute Gasteiger partial charge is 0.357 e. The van der Waals surface area contributed by atoms with E-state index in [4.69, 9.17) is 4.99 Å². The molecule has 0 aromatic carbocycles. The Bertz CT molecular complexity index is 338. The van der Waals surface area contributed by atoms with Crippen molar-refractivity contribution in [2.24, 2.45) is 10.9 Å². The minimum atomic E-state index is 0.157. The van der Waals surface area contributed by atoms with E-state index in [9.17, 15) is 0 Å². The normalized spacial score (nSPS) is 18.5. The van der Waals surface area contributed by atoms with Crippen molar-refractivity contribution in [1.29, 1.82) is 0 Å². The molecule has 1 saturated heterocycles. The number of nitrogens with zero attached hydrogens (tertiary/aromatic N) is 2. The van der Waals surface area contributed by atoms with Crippen LogP contribution in [0.25, 0.3) is 0 Å². The van der Waals surface area contributed by atoms with E-state index in [1.807, 2.05) is 0 Å². The van der Waals surface area contributed by atoms with Gasteiger partial charge in [-0.25, -0.2) is 0 Å². The Morgan fingerprint density at radius 2 is 1.87 bits per heavy atom. The summed E-state index contributed by atoms with van der Waals surface area (Å²) in [6, 6.07) is 0.548. The topological polar surface area (TPSA) is 51.7 Å². The second-order valence-corrected chi connectivity index (χ2v) is 8.05. The van der Waals surface area contributed by atoms with Crippen LogP contribution in [0, 0.1) is 5.92 Å². The van der Waals surface area contributed by atoms with Crippen molar-refractivity contribution in [3.05, 3.63) is 0 Å². The molecular formula is C18H39N5. The van der Waals surface area contributed by atoms with E-state index in [-0.39, 0.29) is 5.54 Å². The molecule has 0 bridgehead atoms. The third kappa shape index (κ3) is 9.82. The molecule has 0 saturated carbocycles. The van der Waals surface area contributed by atoms with Crippen LogP contribution >= 0.6 is 0 Å². The third-order valence-electron chi connectivity index (χ3n) is 3.93. The SMILES string of the molecule is CCNC(=NCCNC(C)(C)C)NC1CCN(CC(C)C)CC1. The van der Waals surface area contributed by atoms with Crippen LogP contribution < -0.4 is 16.0 Å². The lowest BCUT2D eigenvalue weighted by Crippen LogP contribution is -2.49. The van der Waals surface area contributed by atoms with Gasteiger partial charge in [-0.2, -0.15) is 0 Å². The maximum absolute atomic E-state index is 4.70. The molecule has 0 aliphatic carbocycles. The van der Waals surface area contributed by atoms with E-state index in [0.29, 0.717) is 6.04 Å². The zero-order chi connectivity index (χ0) is 17.3. The van der Waals surface area contributed by atoms with Gasteiger partial charge in [0.2, 0.25) is 0 Å². The summed E-state index contributed by atoms with van der Waals surface area (Å²) in [6.45, 7) is 19.5. The summed E-state index contributed by atoms with van der Waals surface area (Å²) in [6.07, 6.45) is 2.41. The van der Waals surface area contributed by atoms with Crippen molar-refractivity contribution < 1.29 is 0 Å². The lowest BCUT2D eigenvalue weighted by molar-refractivity contribution is 0.187. The van der Waals surface area contributed by atoms with Crippen molar-refractivity contribution in [3.63, 3.8) is 0 Å². The fourth-order valence-electron chi connectivity index (χ4n) is 2.89. The second kappa shape index (κ2) is 10.1. The maximum atomic E-state index is 4.70. The van der Waals surface area contributed by atoms with Gasteiger partial charge >= 0.3 is 0 Å². The van der Waals surface area contributed by atoms with Crippen LogP contribution in [0.5, 0.6) is 0 Å². The first-order valence-corrected chi connectivity index (χ1v) is 9.32. The molecule has 1 rings (SSSR count). The number of hydrogen-bond acceptors (Lipinski definition) is 3. The molecule has 1 aliphatic rings. The highest BCUT2D eigenvalue weighted by atomic mass is 15.2. The Kier molecular flexibility index (Phi) is 8.92. The van der Waals surface area contributed by atoms with Crippen molar-refractivity contribution >= 4 is 5.96 Å². The Morgan fingerprint density at radius 3 is 2.39 bits per heavy atom. The number of likely N-dealkylation sites (tertiary alicyclic amines) is 1. The fourth-order valence-corrected chi connectivity index (χ4v) is 2.89.